The van der Waals surface area contributed by atoms with Gasteiger partial charge in [-0.2, -0.15) is 20.4 Å². The molecule has 14 nitrogen and oxygen atoms in total. The molecular weight excluding hydrogens is 696 g/mol. The lowest BCUT2D eigenvalue weighted by molar-refractivity contribution is 0.110. The van der Waals surface area contributed by atoms with Gasteiger partial charge in [0, 0.05) is 48.5 Å². The highest BCUT2D eigenvalue weighted by Crippen LogP contribution is 2.28. The molecule has 0 unspecified atom stereocenters. The number of azo groups is 1. The lowest BCUT2D eigenvalue weighted by Crippen LogP contribution is -2.18. The van der Waals surface area contributed by atoms with Crippen LogP contribution >= 0.6 is 0 Å². The van der Waals surface area contributed by atoms with Gasteiger partial charge in [-0.05, 0) is 83.9 Å². The van der Waals surface area contributed by atoms with Crippen molar-refractivity contribution in [2.75, 3.05) is 28.4 Å². The Morgan fingerprint density at radius 1 is 0.481 bits per heavy atom. The fourth-order valence-electron chi connectivity index (χ4n) is 4.79. The number of nitrogens with zero attached hydrogens (tertiary/aromatic N) is 4. The van der Waals surface area contributed by atoms with Gasteiger partial charge in [0.1, 0.15) is 35.6 Å². The van der Waals surface area contributed by atoms with Gasteiger partial charge in [-0.1, -0.05) is 13.2 Å². The Kier molecular flexibility index (Phi) is 17.4. The van der Waals surface area contributed by atoms with Crippen molar-refractivity contribution < 1.29 is 38.1 Å². The van der Waals surface area contributed by atoms with Crippen LogP contribution in [0.4, 0.5) is 0 Å². The lowest BCUT2D eigenvalue weighted by Gasteiger charge is -2.10. The highest BCUT2D eigenvalue weighted by Gasteiger charge is 2.08. The van der Waals surface area contributed by atoms with Crippen LogP contribution in [-0.2, 0) is 0 Å². The molecule has 0 bridgehead atoms. The molecule has 4 aromatic carbocycles. The molecule has 0 heterocycles. The van der Waals surface area contributed by atoms with Crippen LogP contribution in [0.25, 0.3) is 25.6 Å². The molecule has 0 N–H and O–H groups in total. The fourth-order valence-corrected chi connectivity index (χ4v) is 4.79. The number of carbonyl (C=O) groups excluding carboxylic acids is 4. The first kappa shape index (κ1) is 42.9. The quantitative estimate of drug-likeness (QED) is 0.0832. The molecule has 0 spiro atoms. The Morgan fingerprint density at radius 3 is 1.22 bits per heavy atom. The predicted molar refractivity (Wildman–Crippen MR) is 208 cm³/mol. The zero-order valence-electron chi connectivity index (χ0n) is 30.5. The molecular formula is C40H38N4O10. The Balaban J connectivity index is 0.000000357. The van der Waals surface area contributed by atoms with Crippen molar-refractivity contribution in [2.24, 2.45) is 20.4 Å². The molecule has 0 atom stereocenters. The second-order valence-corrected chi connectivity index (χ2v) is 10.9. The van der Waals surface area contributed by atoms with Gasteiger partial charge < -0.3 is 18.9 Å². The molecule has 4 rings (SSSR count). The van der Waals surface area contributed by atoms with Crippen molar-refractivity contribution in [3.8, 4) is 23.0 Å². The zero-order chi connectivity index (χ0) is 40.2. The largest absolute Gasteiger partial charge is 0.496 e. The van der Waals surface area contributed by atoms with Crippen LogP contribution in [0.5, 0.6) is 23.0 Å². The summed E-state index contributed by atoms with van der Waals surface area (Å²) >= 11 is 0. The summed E-state index contributed by atoms with van der Waals surface area (Å²) in [5, 5.41) is 18.2. The lowest BCUT2D eigenvalue weighted by atomic mass is 10.0. The Bertz CT molecular complexity index is 2200. The van der Waals surface area contributed by atoms with E-state index in [1.165, 1.54) is 18.6 Å². The molecule has 0 aliphatic heterocycles. The van der Waals surface area contributed by atoms with Gasteiger partial charge in [-0.15, -0.1) is 0 Å². The van der Waals surface area contributed by atoms with E-state index in [0.29, 0.717) is 97.2 Å². The van der Waals surface area contributed by atoms with Gasteiger partial charge in [0.2, 0.25) is 0 Å². The van der Waals surface area contributed by atoms with E-state index in [-0.39, 0.29) is 0 Å². The van der Waals surface area contributed by atoms with Gasteiger partial charge in [-0.3, -0.25) is 19.2 Å². The van der Waals surface area contributed by atoms with E-state index in [1.54, 1.807) is 78.0 Å². The normalized spacial score (nSPS) is 10.4. The summed E-state index contributed by atoms with van der Waals surface area (Å²) in [7, 11) is 6.27. The second-order valence-electron chi connectivity index (χ2n) is 10.9. The van der Waals surface area contributed by atoms with Gasteiger partial charge in [0.15, 0.2) is 12.6 Å². The van der Waals surface area contributed by atoms with Gasteiger partial charge in [0.05, 0.1) is 58.5 Å². The summed E-state index contributed by atoms with van der Waals surface area (Å²) in [5.74, 6) is 2.54. The topological polar surface area (TPSA) is 189 Å². The van der Waals surface area contributed by atoms with Crippen molar-refractivity contribution in [3.05, 3.63) is 124 Å². The summed E-state index contributed by atoms with van der Waals surface area (Å²) < 4.78 is 21.1. The van der Waals surface area contributed by atoms with Crippen LogP contribution in [0.2, 0.25) is 0 Å². The highest BCUT2D eigenvalue weighted by molar-refractivity contribution is 5.92. The smallest absolute Gasteiger partial charge is 0.150 e. The molecule has 0 aliphatic carbocycles. The van der Waals surface area contributed by atoms with Crippen LogP contribution < -0.4 is 39.8 Å². The van der Waals surface area contributed by atoms with Crippen molar-refractivity contribution in [1.29, 1.82) is 0 Å². The van der Waals surface area contributed by atoms with Crippen LogP contribution in [0, 0.1) is 23.8 Å². The predicted octanol–water partition coefficient (Wildman–Crippen LogP) is 4.24. The Hall–Kier alpha value is -7.22. The first-order valence-electron chi connectivity index (χ1n) is 15.6. The molecule has 0 saturated carbocycles. The van der Waals surface area contributed by atoms with E-state index >= 15 is 0 Å². The first-order chi connectivity index (χ1) is 26.1. The van der Waals surface area contributed by atoms with E-state index in [2.05, 4.69) is 33.6 Å². The number of ether oxygens (including phenoxy) is 4. The van der Waals surface area contributed by atoms with Crippen molar-refractivity contribution in [3.63, 3.8) is 0 Å². The molecule has 0 saturated heterocycles. The average Bonchev–Trinajstić information content (AvgIpc) is 3.20. The Labute approximate surface area is 310 Å². The third kappa shape index (κ3) is 11.4. The van der Waals surface area contributed by atoms with E-state index in [9.17, 15) is 19.2 Å². The van der Waals surface area contributed by atoms with E-state index < -0.39 is 0 Å². The summed E-state index contributed by atoms with van der Waals surface area (Å²) in [6, 6.07) is 13.7. The Morgan fingerprint density at radius 2 is 0.852 bits per heavy atom. The van der Waals surface area contributed by atoms with E-state index in [0.717, 1.165) is 16.3 Å². The monoisotopic (exact) mass is 734 g/mol. The van der Waals surface area contributed by atoms with Crippen molar-refractivity contribution in [2.45, 2.75) is 13.8 Å². The molecule has 0 amide bonds. The number of aldehydes is 4. The number of benzene rings is 4. The van der Waals surface area contributed by atoms with E-state index in [4.69, 9.17) is 28.9 Å². The third-order valence-corrected chi connectivity index (χ3v) is 7.72. The highest BCUT2D eigenvalue weighted by atomic mass is 16.7. The summed E-state index contributed by atoms with van der Waals surface area (Å²) in [6.07, 6.45) is 8.75. The molecule has 278 valence electrons. The number of carbonyl (C=O) groups is 4. The number of hydrogen-bond acceptors (Lipinski definition) is 14. The minimum atomic E-state index is 0.334. The fraction of sp³-hybridized carbons (Fsp3) is 0.150. The van der Waals surface area contributed by atoms with Crippen molar-refractivity contribution >= 4 is 63.1 Å². The number of rotatable bonds is 13. The standard InChI is InChI=1S/C20H20N2O4.C20H18N2O4.O2/c2*1-13-17(11-23)5-15(6-18(13)12-24)9-21-22-10-16-7-19(25-3)14(2)20(8-16)26-4;1-2/h5-12H,1-4H3;5-12H,1-2H2,3-4H3;. The van der Waals surface area contributed by atoms with Gasteiger partial charge in [0.25, 0.3) is 0 Å². The first-order valence-corrected chi connectivity index (χ1v) is 15.6. The van der Waals surface area contributed by atoms with Gasteiger partial charge >= 0.3 is 0 Å². The van der Waals surface area contributed by atoms with Gasteiger partial charge in [-0.25, -0.2) is 0 Å². The minimum Gasteiger partial charge on any atom is -0.496 e. The maximum atomic E-state index is 11.1. The SMILES string of the molecule is C=c1c(C=O)cc(=CN=NC=c2cc(OC)c(=C)c(OC)c2)cc1C=O.COc1cc(C=NN=Cc2cc(C=O)c(C)c(C=O)c2)cc(OC)c1C.O=O. The van der Waals surface area contributed by atoms with Crippen molar-refractivity contribution in [1.82, 2.24) is 0 Å². The molecule has 0 aliphatic rings. The summed E-state index contributed by atoms with van der Waals surface area (Å²) in [4.78, 5) is 58.3. The van der Waals surface area contributed by atoms with Crippen LogP contribution in [0.15, 0.2) is 69.0 Å². The molecule has 54 heavy (non-hydrogen) atoms. The molecule has 0 aromatic heterocycles. The maximum Gasteiger partial charge on any atom is 0.150 e. The van der Waals surface area contributed by atoms with Crippen LogP contribution in [-0.4, -0.2) is 66.0 Å². The molecule has 0 fully saturated rings. The number of hydrogen-bond donors (Lipinski definition) is 0. The number of methoxy groups -OCH3 is 4. The maximum absolute atomic E-state index is 11.1. The average molecular weight is 735 g/mol. The minimum absolute atomic E-state index is 0.334. The van der Waals surface area contributed by atoms with E-state index in [1.807, 2.05) is 19.1 Å². The second kappa shape index (κ2) is 21.9. The molecule has 0 radical (unpaired) electrons. The third-order valence-electron chi connectivity index (χ3n) is 7.72. The van der Waals surface area contributed by atoms with Crippen LogP contribution in [0.1, 0.15) is 63.7 Å². The molecule has 14 heteroatoms. The summed E-state index contributed by atoms with van der Waals surface area (Å²) in [6.45, 7) is 11.2. The zero-order valence-corrected chi connectivity index (χ0v) is 30.5. The summed E-state index contributed by atoms with van der Waals surface area (Å²) in [5.41, 5.74) is 4.51. The van der Waals surface area contributed by atoms with Crippen LogP contribution in [0.3, 0.4) is 0 Å². The molecule has 4 aromatic rings.